The Labute approximate surface area is 94.7 Å². The molecule has 0 saturated heterocycles. The molecule has 1 aliphatic heterocycles. The number of amides is 1. The van der Waals surface area contributed by atoms with Crippen molar-refractivity contribution in [2.24, 2.45) is 0 Å². The largest absolute Gasteiger partial charge is 0.496 e. The summed E-state index contributed by atoms with van der Waals surface area (Å²) in [5, 5.41) is 2.52. The van der Waals surface area contributed by atoms with Gasteiger partial charge in [0.1, 0.15) is 5.75 Å². The van der Waals surface area contributed by atoms with E-state index in [4.69, 9.17) is 4.74 Å². The Morgan fingerprint density at radius 2 is 2.27 bits per heavy atom. The number of fused-ring (bicyclic) bond motifs is 1. The number of rotatable bonds is 1. The van der Waals surface area contributed by atoms with Crippen LogP contribution in [-0.4, -0.2) is 13.0 Å². The molecule has 0 aromatic heterocycles. The molecule has 0 saturated carbocycles. The average Bonchev–Trinajstić information content (AvgIpc) is 2.23. The number of carbonyl (C=O) groups excluding carboxylic acids is 1. The second kappa shape index (κ2) is 3.81. The molecule has 1 aromatic carbocycles. The summed E-state index contributed by atoms with van der Waals surface area (Å²) in [7, 11) is 1.52. The minimum absolute atomic E-state index is 0.165. The molecule has 0 aliphatic carbocycles. The van der Waals surface area contributed by atoms with Gasteiger partial charge < -0.3 is 10.1 Å². The van der Waals surface area contributed by atoms with Gasteiger partial charge in [0.25, 0.3) is 0 Å². The van der Waals surface area contributed by atoms with Gasteiger partial charge in [0, 0.05) is 12.0 Å². The van der Waals surface area contributed by atoms with Crippen LogP contribution < -0.4 is 10.1 Å². The zero-order valence-corrected chi connectivity index (χ0v) is 9.65. The SMILES string of the molecule is COc1cc(Br)c(F)c2c1CCC(=O)N2. The van der Waals surface area contributed by atoms with Gasteiger partial charge in [-0.1, -0.05) is 0 Å². The highest BCUT2D eigenvalue weighted by Crippen LogP contribution is 2.37. The molecule has 1 amide bonds. The number of benzene rings is 1. The lowest BCUT2D eigenvalue weighted by molar-refractivity contribution is -0.116. The van der Waals surface area contributed by atoms with Crippen molar-refractivity contribution in [3.05, 3.63) is 21.9 Å². The van der Waals surface area contributed by atoms with Gasteiger partial charge in [-0.2, -0.15) is 0 Å². The molecule has 0 fully saturated rings. The first kappa shape index (κ1) is 10.4. The summed E-state index contributed by atoms with van der Waals surface area (Å²) in [6, 6.07) is 1.58. The summed E-state index contributed by atoms with van der Waals surface area (Å²) in [4.78, 5) is 11.2. The quantitative estimate of drug-likeness (QED) is 0.854. The third-order valence-corrected chi connectivity index (χ3v) is 2.95. The summed E-state index contributed by atoms with van der Waals surface area (Å²) in [6.45, 7) is 0. The van der Waals surface area contributed by atoms with Crippen molar-refractivity contribution in [1.82, 2.24) is 0 Å². The molecule has 0 spiro atoms. The van der Waals surface area contributed by atoms with Crippen LogP contribution in [-0.2, 0) is 11.2 Å². The number of nitrogens with one attached hydrogen (secondary N) is 1. The van der Waals surface area contributed by atoms with Gasteiger partial charge in [0.2, 0.25) is 5.91 Å². The maximum absolute atomic E-state index is 13.7. The number of hydrogen-bond acceptors (Lipinski definition) is 2. The predicted octanol–water partition coefficient (Wildman–Crippen LogP) is 2.48. The summed E-state index contributed by atoms with van der Waals surface area (Å²) < 4.78 is 19.1. The van der Waals surface area contributed by atoms with Crippen molar-refractivity contribution in [1.29, 1.82) is 0 Å². The number of anilines is 1. The predicted molar refractivity (Wildman–Crippen MR) is 57.6 cm³/mol. The van der Waals surface area contributed by atoms with Crippen molar-refractivity contribution in [3.63, 3.8) is 0 Å². The van der Waals surface area contributed by atoms with Gasteiger partial charge in [-0.05, 0) is 28.4 Å². The number of carbonyl (C=O) groups is 1. The molecule has 1 heterocycles. The van der Waals surface area contributed by atoms with E-state index in [-0.39, 0.29) is 11.6 Å². The first-order valence-corrected chi connectivity index (χ1v) is 5.27. The molecule has 0 radical (unpaired) electrons. The van der Waals surface area contributed by atoms with Crippen LogP contribution in [0.3, 0.4) is 0 Å². The van der Waals surface area contributed by atoms with Crippen molar-refractivity contribution in [3.8, 4) is 5.75 Å². The van der Waals surface area contributed by atoms with Gasteiger partial charge in [0.05, 0.1) is 17.3 Å². The number of hydrogen-bond donors (Lipinski definition) is 1. The summed E-state index contributed by atoms with van der Waals surface area (Å²) >= 11 is 3.08. The van der Waals surface area contributed by atoms with E-state index in [1.807, 2.05) is 0 Å². The lowest BCUT2D eigenvalue weighted by atomic mass is 10.0. The smallest absolute Gasteiger partial charge is 0.224 e. The number of halogens is 2. The molecule has 1 N–H and O–H groups in total. The van der Waals surface area contributed by atoms with Gasteiger partial charge in [-0.15, -0.1) is 0 Å². The average molecular weight is 274 g/mol. The molecule has 2 rings (SSSR count). The molecule has 15 heavy (non-hydrogen) atoms. The Kier molecular flexibility index (Phi) is 2.65. The van der Waals surface area contributed by atoms with Crippen molar-refractivity contribution < 1.29 is 13.9 Å². The molecule has 0 atom stereocenters. The van der Waals surface area contributed by atoms with E-state index in [9.17, 15) is 9.18 Å². The molecule has 3 nitrogen and oxygen atoms in total. The zero-order valence-electron chi connectivity index (χ0n) is 8.06. The molecule has 0 bridgehead atoms. The standard InChI is InChI=1S/C10H9BrFNO2/c1-15-7-4-6(11)9(12)10-5(7)2-3-8(14)13-10/h4H,2-3H2,1H3,(H,13,14). The molecular weight excluding hydrogens is 265 g/mol. The van der Waals surface area contributed by atoms with Crippen LogP contribution in [0, 0.1) is 5.82 Å². The van der Waals surface area contributed by atoms with E-state index in [0.29, 0.717) is 23.1 Å². The van der Waals surface area contributed by atoms with Crippen molar-refractivity contribution in [2.45, 2.75) is 12.8 Å². The summed E-state index contributed by atoms with van der Waals surface area (Å²) in [5.41, 5.74) is 0.954. The summed E-state index contributed by atoms with van der Waals surface area (Å²) in [5.74, 6) is -0.0151. The first-order valence-electron chi connectivity index (χ1n) is 4.48. The van der Waals surface area contributed by atoms with E-state index < -0.39 is 5.82 Å². The highest BCUT2D eigenvalue weighted by molar-refractivity contribution is 9.10. The third kappa shape index (κ3) is 1.71. The lowest BCUT2D eigenvalue weighted by Crippen LogP contribution is -2.21. The number of ether oxygens (including phenoxy) is 1. The molecule has 0 unspecified atom stereocenters. The minimum Gasteiger partial charge on any atom is -0.496 e. The van der Waals surface area contributed by atoms with Crippen LogP contribution in [0.15, 0.2) is 10.5 Å². The maximum atomic E-state index is 13.7. The molecule has 5 heteroatoms. The Bertz CT molecular complexity index is 434. The Morgan fingerprint density at radius 3 is 2.93 bits per heavy atom. The Balaban J connectivity index is 2.61. The molecular formula is C10H9BrFNO2. The zero-order chi connectivity index (χ0) is 11.0. The van der Waals surface area contributed by atoms with Crippen LogP contribution >= 0.6 is 15.9 Å². The van der Waals surface area contributed by atoms with Gasteiger partial charge in [0.15, 0.2) is 5.82 Å². The van der Waals surface area contributed by atoms with Crippen LogP contribution in [0.4, 0.5) is 10.1 Å². The van der Waals surface area contributed by atoms with Gasteiger partial charge in [-0.25, -0.2) is 4.39 Å². The molecule has 1 aliphatic rings. The van der Waals surface area contributed by atoms with Gasteiger partial charge in [-0.3, -0.25) is 4.79 Å². The first-order chi connectivity index (χ1) is 7.13. The minimum atomic E-state index is -0.446. The maximum Gasteiger partial charge on any atom is 0.224 e. The Morgan fingerprint density at radius 1 is 1.53 bits per heavy atom. The topological polar surface area (TPSA) is 38.3 Å². The number of methoxy groups -OCH3 is 1. The monoisotopic (exact) mass is 273 g/mol. The van der Waals surface area contributed by atoms with Crippen LogP contribution in [0.25, 0.3) is 0 Å². The lowest BCUT2D eigenvalue weighted by Gasteiger charge is -2.20. The van der Waals surface area contributed by atoms with E-state index in [0.717, 1.165) is 5.56 Å². The third-order valence-electron chi connectivity index (χ3n) is 2.37. The fourth-order valence-electron chi connectivity index (χ4n) is 1.64. The normalized spacial score (nSPS) is 14.5. The van der Waals surface area contributed by atoms with E-state index in [2.05, 4.69) is 21.2 Å². The highest BCUT2D eigenvalue weighted by atomic mass is 79.9. The van der Waals surface area contributed by atoms with Crippen molar-refractivity contribution >= 4 is 27.5 Å². The second-order valence-corrected chi connectivity index (χ2v) is 4.13. The highest BCUT2D eigenvalue weighted by Gasteiger charge is 2.23. The fourth-order valence-corrected chi connectivity index (χ4v) is 2.05. The van der Waals surface area contributed by atoms with E-state index >= 15 is 0 Å². The van der Waals surface area contributed by atoms with Crippen LogP contribution in [0.1, 0.15) is 12.0 Å². The van der Waals surface area contributed by atoms with Crippen molar-refractivity contribution in [2.75, 3.05) is 12.4 Å². The molecule has 80 valence electrons. The Hall–Kier alpha value is -1.10. The molecule has 1 aromatic rings. The van der Waals surface area contributed by atoms with E-state index in [1.165, 1.54) is 7.11 Å². The second-order valence-electron chi connectivity index (χ2n) is 3.28. The van der Waals surface area contributed by atoms with Gasteiger partial charge >= 0.3 is 0 Å². The van der Waals surface area contributed by atoms with E-state index in [1.54, 1.807) is 6.07 Å². The van der Waals surface area contributed by atoms with Crippen LogP contribution in [0.2, 0.25) is 0 Å². The fraction of sp³-hybridized carbons (Fsp3) is 0.300. The summed E-state index contributed by atoms with van der Waals surface area (Å²) in [6.07, 6.45) is 0.874. The van der Waals surface area contributed by atoms with Crippen LogP contribution in [0.5, 0.6) is 5.75 Å².